The van der Waals surface area contributed by atoms with Crippen LogP contribution in [-0.4, -0.2) is 6.54 Å². The summed E-state index contributed by atoms with van der Waals surface area (Å²) >= 11 is 0. The van der Waals surface area contributed by atoms with Gasteiger partial charge in [-0.15, -0.1) is 12.8 Å². The molecule has 0 spiro atoms. The van der Waals surface area contributed by atoms with Gasteiger partial charge >= 0.3 is 0 Å². The topological polar surface area (TPSA) is 3.24 Å². The maximum absolute atomic E-state index is 5.37. The van der Waals surface area contributed by atoms with Crippen LogP contribution in [0.25, 0.3) is 0 Å². The Balaban J connectivity index is 2.33. The van der Waals surface area contributed by atoms with Gasteiger partial charge in [-0.3, -0.25) is 0 Å². The SMILES string of the molecule is C#Cc1ccc(N(CC)c2ccc(C#C)cc2)cc1. The molecule has 19 heavy (non-hydrogen) atoms. The highest BCUT2D eigenvalue weighted by Crippen LogP contribution is 2.25. The maximum atomic E-state index is 5.37. The second kappa shape index (κ2) is 5.80. The lowest BCUT2D eigenvalue weighted by Gasteiger charge is -2.23. The van der Waals surface area contributed by atoms with Crippen molar-refractivity contribution in [2.24, 2.45) is 0 Å². The van der Waals surface area contributed by atoms with Gasteiger partial charge in [0.2, 0.25) is 0 Å². The van der Waals surface area contributed by atoms with Crippen molar-refractivity contribution in [3.05, 3.63) is 59.7 Å². The van der Waals surface area contributed by atoms with E-state index in [0.29, 0.717) is 0 Å². The summed E-state index contributed by atoms with van der Waals surface area (Å²) in [5, 5.41) is 0. The van der Waals surface area contributed by atoms with Gasteiger partial charge in [0, 0.05) is 29.0 Å². The summed E-state index contributed by atoms with van der Waals surface area (Å²) in [5.74, 6) is 5.25. The van der Waals surface area contributed by atoms with Gasteiger partial charge in [0.1, 0.15) is 0 Å². The first-order valence-corrected chi connectivity index (χ1v) is 6.19. The first kappa shape index (κ1) is 12.8. The minimum atomic E-state index is 0.880. The van der Waals surface area contributed by atoms with E-state index in [1.807, 2.05) is 48.5 Å². The van der Waals surface area contributed by atoms with Gasteiger partial charge in [-0.2, -0.15) is 0 Å². The summed E-state index contributed by atoms with van der Waals surface area (Å²) in [4.78, 5) is 2.21. The van der Waals surface area contributed by atoms with Gasteiger partial charge in [-0.1, -0.05) is 11.8 Å². The fourth-order valence-corrected chi connectivity index (χ4v) is 1.99. The summed E-state index contributed by atoms with van der Waals surface area (Å²) in [5.41, 5.74) is 4.02. The fourth-order valence-electron chi connectivity index (χ4n) is 1.99. The van der Waals surface area contributed by atoms with E-state index in [2.05, 4.69) is 23.7 Å². The summed E-state index contributed by atoms with van der Waals surface area (Å²) in [6.07, 6.45) is 10.7. The molecule has 0 saturated heterocycles. The molecule has 1 nitrogen and oxygen atoms in total. The van der Waals surface area contributed by atoms with Crippen molar-refractivity contribution in [3.8, 4) is 24.7 Å². The molecule has 0 radical (unpaired) electrons. The van der Waals surface area contributed by atoms with Crippen LogP contribution >= 0.6 is 0 Å². The summed E-state index contributed by atoms with van der Waals surface area (Å²) in [6, 6.07) is 16.0. The molecule has 0 aliphatic rings. The second-order valence-corrected chi connectivity index (χ2v) is 4.13. The molecule has 2 aromatic carbocycles. The molecule has 0 bridgehead atoms. The van der Waals surface area contributed by atoms with Crippen LogP contribution in [0.5, 0.6) is 0 Å². The van der Waals surface area contributed by atoms with Crippen molar-refractivity contribution >= 4 is 11.4 Å². The van der Waals surface area contributed by atoms with Crippen LogP contribution in [0.15, 0.2) is 48.5 Å². The lowest BCUT2D eigenvalue weighted by Crippen LogP contribution is -2.15. The smallest absolute Gasteiger partial charge is 0.0411 e. The second-order valence-electron chi connectivity index (χ2n) is 4.13. The van der Waals surface area contributed by atoms with Gasteiger partial charge < -0.3 is 4.90 Å². The van der Waals surface area contributed by atoms with Crippen LogP contribution < -0.4 is 4.90 Å². The maximum Gasteiger partial charge on any atom is 0.0411 e. The Morgan fingerprint density at radius 3 is 1.42 bits per heavy atom. The zero-order valence-electron chi connectivity index (χ0n) is 10.9. The Kier molecular flexibility index (Phi) is 3.91. The summed E-state index contributed by atoms with van der Waals surface area (Å²) < 4.78 is 0. The summed E-state index contributed by atoms with van der Waals surface area (Å²) in [7, 11) is 0. The van der Waals surface area contributed by atoms with Crippen molar-refractivity contribution in [1.82, 2.24) is 0 Å². The quantitative estimate of drug-likeness (QED) is 0.743. The van der Waals surface area contributed by atoms with Crippen LogP contribution in [0.1, 0.15) is 18.1 Å². The lowest BCUT2D eigenvalue weighted by atomic mass is 10.1. The third kappa shape index (κ3) is 2.79. The number of hydrogen-bond acceptors (Lipinski definition) is 1. The number of terminal acetylenes is 2. The van der Waals surface area contributed by atoms with E-state index in [9.17, 15) is 0 Å². The Hall–Kier alpha value is -2.64. The van der Waals surface area contributed by atoms with E-state index in [-0.39, 0.29) is 0 Å². The Bertz CT molecular complexity index is 564. The van der Waals surface area contributed by atoms with Crippen LogP contribution in [0.3, 0.4) is 0 Å². The predicted molar refractivity (Wildman–Crippen MR) is 81.4 cm³/mol. The zero-order valence-corrected chi connectivity index (χ0v) is 10.9. The molecule has 0 amide bonds. The minimum absolute atomic E-state index is 0.880. The number of hydrogen-bond donors (Lipinski definition) is 0. The molecule has 0 fully saturated rings. The third-order valence-electron chi connectivity index (χ3n) is 3.01. The normalized spacial score (nSPS) is 9.42. The Morgan fingerprint density at radius 1 is 0.789 bits per heavy atom. The predicted octanol–water partition coefficient (Wildman–Crippen LogP) is 3.81. The van der Waals surface area contributed by atoms with Crippen molar-refractivity contribution in [2.45, 2.75) is 6.92 Å². The molecule has 0 heterocycles. The highest BCUT2D eigenvalue weighted by molar-refractivity contribution is 5.64. The zero-order chi connectivity index (χ0) is 13.7. The van der Waals surface area contributed by atoms with Gasteiger partial charge in [0.15, 0.2) is 0 Å². The first-order valence-electron chi connectivity index (χ1n) is 6.19. The molecule has 0 unspecified atom stereocenters. The largest absolute Gasteiger partial charge is 0.342 e. The number of nitrogens with zero attached hydrogens (tertiary/aromatic N) is 1. The number of benzene rings is 2. The molecule has 0 N–H and O–H groups in total. The molecule has 0 aliphatic heterocycles. The van der Waals surface area contributed by atoms with Crippen LogP contribution in [0, 0.1) is 24.7 Å². The molecule has 92 valence electrons. The Labute approximate surface area is 114 Å². The van der Waals surface area contributed by atoms with Crippen LogP contribution in [-0.2, 0) is 0 Å². The molecule has 0 aromatic heterocycles. The average Bonchev–Trinajstić information content (AvgIpc) is 2.49. The first-order chi connectivity index (χ1) is 9.28. The van der Waals surface area contributed by atoms with Crippen molar-refractivity contribution in [2.75, 3.05) is 11.4 Å². The molecule has 2 aromatic rings. The summed E-state index contributed by atoms with van der Waals surface area (Å²) in [6.45, 7) is 3.00. The van der Waals surface area contributed by atoms with E-state index in [0.717, 1.165) is 29.0 Å². The van der Waals surface area contributed by atoms with Crippen molar-refractivity contribution < 1.29 is 0 Å². The van der Waals surface area contributed by atoms with E-state index in [1.165, 1.54) is 0 Å². The lowest BCUT2D eigenvalue weighted by molar-refractivity contribution is 1.02. The molecular formula is C18H15N. The van der Waals surface area contributed by atoms with Gasteiger partial charge in [0.25, 0.3) is 0 Å². The van der Waals surface area contributed by atoms with Crippen LogP contribution in [0.4, 0.5) is 11.4 Å². The van der Waals surface area contributed by atoms with Crippen LogP contribution in [0.2, 0.25) is 0 Å². The third-order valence-corrected chi connectivity index (χ3v) is 3.01. The molecule has 1 heteroatoms. The monoisotopic (exact) mass is 245 g/mol. The highest BCUT2D eigenvalue weighted by atomic mass is 15.1. The van der Waals surface area contributed by atoms with Gasteiger partial charge in [-0.05, 0) is 55.5 Å². The fraction of sp³-hybridized carbons (Fsp3) is 0.111. The van der Waals surface area contributed by atoms with E-state index in [1.54, 1.807) is 0 Å². The van der Waals surface area contributed by atoms with E-state index >= 15 is 0 Å². The van der Waals surface area contributed by atoms with Crippen molar-refractivity contribution in [3.63, 3.8) is 0 Å². The van der Waals surface area contributed by atoms with Crippen molar-refractivity contribution in [1.29, 1.82) is 0 Å². The standard InChI is InChI=1S/C18H15N/c1-4-15-7-11-17(12-8-15)19(6-3)18-13-9-16(5-2)10-14-18/h1-2,7-14H,6H2,3H3. The molecule has 0 aliphatic carbocycles. The molecule has 2 rings (SSSR count). The average molecular weight is 245 g/mol. The van der Waals surface area contributed by atoms with Gasteiger partial charge in [0.05, 0.1) is 0 Å². The number of rotatable bonds is 3. The van der Waals surface area contributed by atoms with Gasteiger partial charge in [-0.25, -0.2) is 0 Å². The van der Waals surface area contributed by atoms with E-state index in [4.69, 9.17) is 12.8 Å². The Morgan fingerprint density at radius 2 is 1.16 bits per heavy atom. The molecule has 0 saturated carbocycles. The molecule has 0 atom stereocenters. The minimum Gasteiger partial charge on any atom is -0.342 e. The number of anilines is 2. The highest BCUT2D eigenvalue weighted by Gasteiger charge is 2.06. The van der Waals surface area contributed by atoms with E-state index < -0.39 is 0 Å². The molecular weight excluding hydrogens is 230 g/mol.